The van der Waals surface area contributed by atoms with Gasteiger partial charge in [-0.05, 0) is 29.8 Å². The second kappa shape index (κ2) is 5.95. The molecule has 5 rings (SSSR count). The second-order valence-corrected chi connectivity index (χ2v) is 6.49. The Hall–Kier alpha value is -3.66. The lowest BCUT2D eigenvalue weighted by molar-refractivity contribution is 0.0971. The molecule has 0 spiro atoms. The number of nitrogens with zero attached hydrogens (tertiary/aromatic N) is 1. The van der Waals surface area contributed by atoms with E-state index in [-0.39, 0.29) is 17.1 Å². The van der Waals surface area contributed by atoms with E-state index in [9.17, 15) is 9.59 Å². The minimum Gasteiger partial charge on any atom is -0.450 e. The molecular weight excluding hydrogens is 338 g/mol. The smallest absolute Gasteiger partial charge is 0.295 e. The molecule has 27 heavy (non-hydrogen) atoms. The second-order valence-electron chi connectivity index (χ2n) is 6.49. The average Bonchev–Trinajstić information content (AvgIpc) is 3.02. The Balaban J connectivity index is 1.84. The van der Waals surface area contributed by atoms with Gasteiger partial charge in [0.2, 0.25) is 5.76 Å². The molecule has 0 radical (unpaired) electrons. The van der Waals surface area contributed by atoms with Gasteiger partial charge in [-0.3, -0.25) is 14.5 Å². The molecule has 1 aliphatic rings. The highest BCUT2D eigenvalue weighted by molar-refractivity contribution is 6.10. The van der Waals surface area contributed by atoms with Crippen LogP contribution in [-0.4, -0.2) is 5.91 Å². The summed E-state index contributed by atoms with van der Waals surface area (Å²) >= 11 is 0. The van der Waals surface area contributed by atoms with Gasteiger partial charge in [0.15, 0.2) is 5.43 Å². The van der Waals surface area contributed by atoms with Gasteiger partial charge in [-0.25, -0.2) is 0 Å². The number of benzene rings is 3. The Labute approximate surface area is 155 Å². The van der Waals surface area contributed by atoms with Crippen LogP contribution in [0.1, 0.15) is 27.7 Å². The van der Waals surface area contributed by atoms with Crippen LogP contribution < -0.4 is 10.3 Å². The third-order valence-electron chi connectivity index (χ3n) is 4.93. The number of anilines is 1. The molecule has 0 N–H and O–H groups in total. The first kappa shape index (κ1) is 15.6. The fourth-order valence-electron chi connectivity index (χ4n) is 3.73. The Morgan fingerprint density at radius 2 is 1.37 bits per heavy atom. The van der Waals surface area contributed by atoms with Gasteiger partial charge in [0.05, 0.1) is 17.0 Å². The van der Waals surface area contributed by atoms with Crippen molar-refractivity contribution in [1.29, 1.82) is 0 Å². The zero-order valence-electron chi connectivity index (χ0n) is 14.3. The number of amides is 1. The molecule has 0 aliphatic carbocycles. The summed E-state index contributed by atoms with van der Waals surface area (Å²) in [4.78, 5) is 28.2. The molecule has 1 amide bonds. The maximum absolute atomic E-state index is 13.3. The van der Waals surface area contributed by atoms with E-state index in [1.54, 1.807) is 29.2 Å². The fourth-order valence-corrected chi connectivity index (χ4v) is 3.73. The zero-order valence-corrected chi connectivity index (χ0v) is 14.3. The number of rotatable bonds is 2. The standard InChI is InChI=1S/C23H15NO3/c25-21-17-13-7-8-14-18(17)27-22-19(21)20(15-9-3-1-4-10-15)24(23(22)26)16-11-5-2-6-12-16/h1-14,20H/t20-/m1/s1. The quantitative estimate of drug-likeness (QED) is 0.531. The van der Waals surface area contributed by atoms with Crippen molar-refractivity contribution in [3.8, 4) is 0 Å². The maximum atomic E-state index is 13.3. The van der Waals surface area contributed by atoms with E-state index < -0.39 is 6.04 Å². The number of fused-ring (bicyclic) bond motifs is 2. The molecule has 0 saturated carbocycles. The summed E-state index contributed by atoms with van der Waals surface area (Å²) in [5.74, 6) is -0.177. The van der Waals surface area contributed by atoms with Crippen molar-refractivity contribution in [3.63, 3.8) is 0 Å². The third kappa shape index (κ3) is 2.30. The highest BCUT2D eigenvalue weighted by Gasteiger charge is 2.43. The first-order chi connectivity index (χ1) is 13.3. The first-order valence-corrected chi connectivity index (χ1v) is 8.75. The molecule has 0 fully saturated rings. The van der Waals surface area contributed by atoms with Gasteiger partial charge in [0.1, 0.15) is 5.58 Å². The van der Waals surface area contributed by atoms with Gasteiger partial charge in [-0.2, -0.15) is 0 Å². The maximum Gasteiger partial charge on any atom is 0.295 e. The van der Waals surface area contributed by atoms with E-state index in [1.807, 2.05) is 60.7 Å². The van der Waals surface area contributed by atoms with Crippen LogP contribution in [0.5, 0.6) is 0 Å². The topological polar surface area (TPSA) is 50.5 Å². The minimum absolute atomic E-state index is 0.122. The van der Waals surface area contributed by atoms with Crippen molar-refractivity contribution in [2.45, 2.75) is 6.04 Å². The molecule has 0 bridgehead atoms. The Morgan fingerprint density at radius 1 is 0.741 bits per heavy atom. The molecule has 1 aromatic heterocycles. The largest absolute Gasteiger partial charge is 0.450 e. The molecule has 3 aromatic carbocycles. The molecule has 4 heteroatoms. The van der Waals surface area contributed by atoms with E-state index in [1.165, 1.54) is 0 Å². The van der Waals surface area contributed by atoms with Crippen LogP contribution in [0.15, 0.2) is 94.1 Å². The van der Waals surface area contributed by atoms with Crippen molar-refractivity contribution in [1.82, 2.24) is 0 Å². The van der Waals surface area contributed by atoms with Crippen molar-refractivity contribution >= 4 is 22.6 Å². The zero-order chi connectivity index (χ0) is 18.4. The summed E-state index contributed by atoms with van der Waals surface area (Å²) < 4.78 is 5.91. The van der Waals surface area contributed by atoms with Gasteiger partial charge in [0, 0.05) is 5.69 Å². The summed E-state index contributed by atoms with van der Waals surface area (Å²) in [6.45, 7) is 0. The van der Waals surface area contributed by atoms with Crippen LogP contribution in [-0.2, 0) is 0 Å². The van der Waals surface area contributed by atoms with E-state index >= 15 is 0 Å². The van der Waals surface area contributed by atoms with Gasteiger partial charge < -0.3 is 4.42 Å². The number of carbonyl (C=O) groups excluding carboxylic acids is 1. The predicted octanol–water partition coefficient (Wildman–Crippen LogP) is 4.54. The van der Waals surface area contributed by atoms with Crippen LogP contribution in [0.2, 0.25) is 0 Å². The Morgan fingerprint density at radius 3 is 2.11 bits per heavy atom. The number of carbonyl (C=O) groups is 1. The first-order valence-electron chi connectivity index (χ1n) is 8.75. The summed E-state index contributed by atoms with van der Waals surface area (Å²) in [6.07, 6.45) is 0. The molecule has 4 aromatic rings. The molecule has 130 valence electrons. The lowest BCUT2D eigenvalue weighted by Crippen LogP contribution is -2.29. The predicted molar refractivity (Wildman–Crippen MR) is 104 cm³/mol. The fraction of sp³-hybridized carbons (Fsp3) is 0.0435. The van der Waals surface area contributed by atoms with Crippen molar-refractivity contribution in [2.75, 3.05) is 4.90 Å². The lowest BCUT2D eigenvalue weighted by atomic mass is 9.98. The van der Waals surface area contributed by atoms with Crippen molar-refractivity contribution in [3.05, 3.63) is 112 Å². The monoisotopic (exact) mass is 353 g/mol. The van der Waals surface area contributed by atoms with E-state index in [0.717, 1.165) is 11.3 Å². The van der Waals surface area contributed by atoms with Gasteiger partial charge in [-0.15, -0.1) is 0 Å². The van der Waals surface area contributed by atoms with Crippen LogP contribution in [0.4, 0.5) is 5.69 Å². The summed E-state index contributed by atoms with van der Waals surface area (Å²) in [5.41, 5.74) is 2.26. The van der Waals surface area contributed by atoms with Crippen LogP contribution in [0, 0.1) is 0 Å². The normalized spacial score (nSPS) is 15.9. The molecule has 4 nitrogen and oxygen atoms in total. The summed E-state index contributed by atoms with van der Waals surface area (Å²) in [5, 5.41) is 0.486. The number of hydrogen-bond acceptors (Lipinski definition) is 3. The van der Waals surface area contributed by atoms with Crippen LogP contribution >= 0.6 is 0 Å². The number of hydrogen-bond donors (Lipinski definition) is 0. The van der Waals surface area contributed by atoms with Crippen LogP contribution in [0.3, 0.4) is 0 Å². The average molecular weight is 353 g/mol. The Bertz CT molecular complexity index is 1210. The Kier molecular flexibility index (Phi) is 3.44. The third-order valence-corrected chi connectivity index (χ3v) is 4.93. The molecule has 1 aliphatic heterocycles. The molecule has 1 atom stereocenters. The highest BCUT2D eigenvalue weighted by Crippen LogP contribution is 2.40. The van der Waals surface area contributed by atoms with E-state index in [4.69, 9.17) is 4.42 Å². The molecule has 2 heterocycles. The number of para-hydroxylation sites is 2. The SMILES string of the molecule is O=C1c2oc3ccccc3c(=O)c2[C@@H](c2ccccc2)N1c1ccccc1. The molecule has 0 saturated heterocycles. The summed E-state index contributed by atoms with van der Waals surface area (Å²) in [7, 11) is 0. The van der Waals surface area contributed by atoms with Crippen molar-refractivity contribution < 1.29 is 9.21 Å². The summed E-state index contributed by atoms with van der Waals surface area (Å²) in [6, 6.07) is 25.5. The molecular formula is C23H15NO3. The van der Waals surface area contributed by atoms with Gasteiger partial charge in [0.25, 0.3) is 5.91 Å². The van der Waals surface area contributed by atoms with E-state index in [0.29, 0.717) is 16.5 Å². The highest BCUT2D eigenvalue weighted by atomic mass is 16.3. The van der Waals surface area contributed by atoms with Gasteiger partial charge >= 0.3 is 0 Å². The van der Waals surface area contributed by atoms with E-state index in [2.05, 4.69) is 0 Å². The lowest BCUT2D eigenvalue weighted by Gasteiger charge is -2.25. The minimum atomic E-state index is -0.517. The molecule has 0 unspecified atom stereocenters. The van der Waals surface area contributed by atoms with Crippen molar-refractivity contribution in [2.24, 2.45) is 0 Å². The van der Waals surface area contributed by atoms with Gasteiger partial charge in [-0.1, -0.05) is 60.7 Å². The van der Waals surface area contributed by atoms with Crippen LogP contribution in [0.25, 0.3) is 11.0 Å².